The Morgan fingerprint density at radius 2 is 2.00 bits per heavy atom. The molecule has 2 N–H and O–H groups in total. The summed E-state index contributed by atoms with van der Waals surface area (Å²) in [5.74, 6) is 0. The molecule has 0 spiro atoms. The van der Waals surface area contributed by atoms with E-state index in [2.05, 4.69) is 0 Å². The van der Waals surface area contributed by atoms with Crippen LogP contribution in [0.15, 0.2) is 0 Å². The van der Waals surface area contributed by atoms with Crippen LogP contribution >= 0.6 is 0 Å². The summed E-state index contributed by atoms with van der Waals surface area (Å²) in [6, 6.07) is 0.421. The van der Waals surface area contributed by atoms with Gasteiger partial charge in [-0.15, -0.1) is 0 Å². The zero-order valence-corrected chi connectivity index (χ0v) is 4.55. The molecule has 1 aliphatic rings. The van der Waals surface area contributed by atoms with E-state index in [4.69, 9.17) is 10.5 Å². The maximum absolute atomic E-state index is 5.46. The van der Waals surface area contributed by atoms with Gasteiger partial charge < -0.3 is 10.5 Å². The fourth-order valence-corrected chi connectivity index (χ4v) is 0.799. The lowest BCUT2D eigenvalue weighted by Crippen LogP contribution is -2.40. The van der Waals surface area contributed by atoms with Crippen molar-refractivity contribution in [3.8, 4) is 0 Å². The van der Waals surface area contributed by atoms with E-state index < -0.39 is 0 Å². The summed E-state index contributed by atoms with van der Waals surface area (Å²) in [6.45, 7) is 0. The number of hydrogen-bond acceptors (Lipinski definition) is 2. The molecule has 2 nitrogen and oxygen atoms in total. The first-order valence-electron chi connectivity index (χ1n) is 2.61. The van der Waals surface area contributed by atoms with E-state index in [1.165, 1.54) is 0 Å². The first-order chi connectivity index (χ1) is 3.33. The van der Waals surface area contributed by atoms with Gasteiger partial charge in [0.25, 0.3) is 0 Å². The van der Waals surface area contributed by atoms with Crippen LogP contribution < -0.4 is 5.73 Å². The summed E-state index contributed by atoms with van der Waals surface area (Å²) in [5.41, 5.74) is 5.46. The molecule has 1 saturated carbocycles. The van der Waals surface area contributed by atoms with Crippen molar-refractivity contribution in [2.24, 2.45) is 5.73 Å². The largest absolute Gasteiger partial charge is 0.381 e. The Kier molecular flexibility index (Phi) is 3.02. The summed E-state index contributed by atoms with van der Waals surface area (Å²) in [6.07, 6.45) is 2.57. The molecular formula is C6H15NO. The molecule has 0 saturated heterocycles. The Balaban J connectivity index is 0.000000490. The maximum atomic E-state index is 5.46. The van der Waals surface area contributed by atoms with Gasteiger partial charge in [0, 0.05) is 13.2 Å². The summed E-state index contributed by atoms with van der Waals surface area (Å²) < 4.78 is 4.98. The number of methoxy groups -OCH3 is 1. The van der Waals surface area contributed by atoms with Crippen molar-refractivity contribution >= 4 is 0 Å². The molecule has 0 aliphatic heterocycles. The van der Waals surface area contributed by atoms with Gasteiger partial charge in [-0.1, -0.05) is 7.43 Å². The SMILES string of the molecule is C.COC1CC(N)C1. The van der Waals surface area contributed by atoms with Crippen LogP contribution in [0.4, 0.5) is 0 Å². The number of nitrogens with two attached hydrogens (primary N) is 1. The Hall–Kier alpha value is -0.0800. The van der Waals surface area contributed by atoms with Crippen molar-refractivity contribution < 1.29 is 4.74 Å². The highest BCUT2D eigenvalue weighted by molar-refractivity contribution is 4.82. The minimum atomic E-state index is 0. The lowest BCUT2D eigenvalue weighted by Gasteiger charge is -2.30. The van der Waals surface area contributed by atoms with Crippen molar-refractivity contribution in [1.82, 2.24) is 0 Å². The molecule has 0 heterocycles. The lowest BCUT2D eigenvalue weighted by atomic mass is 9.90. The third kappa shape index (κ3) is 1.46. The Morgan fingerprint density at radius 1 is 1.50 bits per heavy atom. The highest BCUT2D eigenvalue weighted by Gasteiger charge is 2.24. The molecule has 2 heteroatoms. The smallest absolute Gasteiger partial charge is 0.0600 e. The van der Waals surface area contributed by atoms with Gasteiger partial charge >= 0.3 is 0 Å². The molecule has 1 fully saturated rings. The molecule has 1 rings (SSSR count). The normalized spacial score (nSPS) is 35.2. The van der Waals surface area contributed by atoms with E-state index in [1.54, 1.807) is 7.11 Å². The second-order valence-corrected chi connectivity index (χ2v) is 2.09. The van der Waals surface area contributed by atoms with Gasteiger partial charge in [-0.05, 0) is 12.8 Å². The van der Waals surface area contributed by atoms with Gasteiger partial charge in [-0.2, -0.15) is 0 Å². The molecule has 0 aromatic rings. The van der Waals surface area contributed by atoms with Gasteiger partial charge in [0.1, 0.15) is 0 Å². The fraction of sp³-hybridized carbons (Fsp3) is 1.00. The van der Waals surface area contributed by atoms with Crippen molar-refractivity contribution in [2.75, 3.05) is 7.11 Å². The second-order valence-electron chi connectivity index (χ2n) is 2.09. The molecule has 0 bridgehead atoms. The van der Waals surface area contributed by atoms with Gasteiger partial charge in [0.05, 0.1) is 6.10 Å². The van der Waals surface area contributed by atoms with Crippen molar-refractivity contribution in [3.63, 3.8) is 0 Å². The Morgan fingerprint density at radius 3 is 2.12 bits per heavy atom. The second kappa shape index (κ2) is 3.05. The average molecular weight is 117 g/mol. The van der Waals surface area contributed by atoms with Crippen LogP contribution in [-0.4, -0.2) is 19.3 Å². The van der Waals surface area contributed by atoms with Crippen molar-refractivity contribution in [1.29, 1.82) is 0 Å². The van der Waals surface area contributed by atoms with Crippen LogP contribution in [0, 0.1) is 0 Å². The quantitative estimate of drug-likeness (QED) is 0.550. The fourth-order valence-electron chi connectivity index (χ4n) is 0.799. The van der Waals surface area contributed by atoms with Crippen LogP contribution in [0.25, 0.3) is 0 Å². The van der Waals surface area contributed by atoms with E-state index in [9.17, 15) is 0 Å². The minimum absolute atomic E-state index is 0. The molecule has 0 amide bonds. The number of hydrogen-bond donors (Lipinski definition) is 1. The molecule has 0 unspecified atom stereocenters. The van der Waals surface area contributed by atoms with E-state index in [0.717, 1.165) is 12.8 Å². The third-order valence-corrected chi connectivity index (χ3v) is 1.46. The zero-order chi connectivity index (χ0) is 5.28. The van der Waals surface area contributed by atoms with Crippen molar-refractivity contribution in [2.45, 2.75) is 32.4 Å². The maximum Gasteiger partial charge on any atom is 0.0600 e. The standard InChI is InChI=1S/C5H11NO.CH4/c1-7-5-2-4(6)3-5;/h4-5H,2-3,6H2,1H3;1H4. The van der Waals surface area contributed by atoms with Crippen molar-refractivity contribution in [3.05, 3.63) is 0 Å². The van der Waals surface area contributed by atoms with E-state index in [1.807, 2.05) is 0 Å². The van der Waals surface area contributed by atoms with Gasteiger partial charge in [-0.25, -0.2) is 0 Å². The monoisotopic (exact) mass is 117 g/mol. The van der Waals surface area contributed by atoms with E-state index in [0.29, 0.717) is 12.1 Å². The Labute approximate surface area is 51.0 Å². The first kappa shape index (κ1) is 7.92. The van der Waals surface area contributed by atoms with Crippen LogP contribution in [0.5, 0.6) is 0 Å². The predicted molar refractivity (Wildman–Crippen MR) is 34.7 cm³/mol. The number of rotatable bonds is 1. The summed E-state index contributed by atoms with van der Waals surface area (Å²) in [5, 5.41) is 0. The topological polar surface area (TPSA) is 35.2 Å². The molecular weight excluding hydrogens is 102 g/mol. The molecule has 1 aliphatic carbocycles. The summed E-state index contributed by atoms with van der Waals surface area (Å²) >= 11 is 0. The van der Waals surface area contributed by atoms with E-state index in [-0.39, 0.29) is 7.43 Å². The Bertz CT molecular complexity index is 59.5. The van der Waals surface area contributed by atoms with Crippen LogP contribution in [-0.2, 0) is 4.74 Å². The molecule has 0 aromatic heterocycles. The summed E-state index contributed by atoms with van der Waals surface area (Å²) in [4.78, 5) is 0. The van der Waals surface area contributed by atoms with Crippen LogP contribution in [0.2, 0.25) is 0 Å². The highest BCUT2D eigenvalue weighted by Crippen LogP contribution is 2.19. The molecule has 0 radical (unpaired) electrons. The zero-order valence-electron chi connectivity index (χ0n) is 4.55. The van der Waals surface area contributed by atoms with Crippen LogP contribution in [0.3, 0.4) is 0 Å². The van der Waals surface area contributed by atoms with Gasteiger partial charge in [0.2, 0.25) is 0 Å². The third-order valence-electron chi connectivity index (χ3n) is 1.46. The van der Waals surface area contributed by atoms with Gasteiger partial charge in [-0.3, -0.25) is 0 Å². The predicted octanol–water partition coefficient (Wildman–Crippen LogP) is 0.759. The highest BCUT2D eigenvalue weighted by atomic mass is 16.5. The first-order valence-corrected chi connectivity index (χ1v) is 2.61. The minimum Gasteiger partial charge on any atom is -0.381 e. The van der Waals surface area contributed by atoms with Gasteiger partial charge in [0.15, 0.2) is 0 Å². The lowest BCUT2D eigenvalue weighted by molar-refractivity contribution is 0.0279. The molecule has 0 atom stereocenters. The average Bonchev–Trinajstić information content (AvgIpc) is 1.58. The van der Waals surface area contributed by atoms with E-state index >= 15 is 0 Å². The molecule has 0 aromatic carbocycles. The molecule has 50 valence electrons. The number of ether oxygens (including phenoxy) is 1. The van der Waals surface area contributed by atoms with Crippen LogP contribution in [0.1, 0.15) is 20.3 Å². The summed E-state index contributed by atoms with van der Waals surface area (Å²) in [7, 11) is 1.73. The molecule has 8 heavy (non-hydrogen) atoms.